The molecule has 0 spiro atoms. The Kier molecular flexibility index (Phi) is 4.54. The van der Waals surface area contributed by atoms with Crippen LogP contribution in [0.2, 0.25) is 0 Å². The van der Waals surface area contributed by atoms with Crippen LogP contribution in [0.1, 0.15) is 51.4 Å². The summed E-state index contributed by atoms with van der Waals surface area (Å²) in [6.07, 6.45) is 5.89. The highest BCUT2D eigenvalue weighted by Gasteiger charge is 2.26. The van der Waals surface area contributed by atoms with Crippen molar-refractivity contribution in [3.63, 3.8) is 0 Å². The zero-order valence-corrected chi connectivity index (χ0v) is 10.2. The van der Waals surface area contributed by atoms with E-state index >= 15 is 0 Å². The SMILES string of the molecule is O=C1CCCCOC(=O)C[C@H]2CCC[C@@H](C1)O2. The molecule has 2 saturated heterocycles. The van der Waals surface area contributed by atoms with Crippen molar-refractivity contribution < 1.29 is 19.1 Å². The Hall–Kier alpha value is -0.900. The van der Waals surface area contributed by atoms with Gasteiger partial charge in [0, 0.05) is 12.8 Å². The maximum absolute atomic E-state index is 11.7. The van der Waals surface area contributed by atoms with Gasteiger partial charge in [0.1, 0.15) is 5.78 Å². The first-order chi connectivity index (χ1) is 8.24. The molecule has 2 atom stereocenters. The smallest absolute Gasteiger partial charge is 0.308 e. The zero-order chi connectivity index (χ0) is 12.1. The summed E-state index contributed by atoms with van der Waals surface area (Å²) in [7, 11) is 0. The number of rotatable bonds is 0. The van der Waals surface area contributed by atoms with E-state index in [0.29, 0.717) is 25.9 Å². The number of ether oxygens (including phenoxy) is 2. The van der Waals surface area contributed by atoms with E-state index in [1.165, 1.54) is 0 Å². The van der Waals surface area contributed by atoms with Gasteiger partial charge < -0.3 is 9.47 Å². The fourth-order valence-electron chi connectivity index (χ4n) is 2.49. The van der Waals surface area contributed by atoms with Crippen molar-refractivity contribution >= 4 is 11.8 Å². The Morgan fingerprint density at radius 3 is 2.53 bits per heavy atom. The predicted molar refractivity (Wildman–Crippen MR) is 61.6 cm³/mol. The highest BCUT2D eigenvalue weighted by molar-refractivity contribution is 5.78. The quantitative estimate of drug-likeness (QED) is 0.608. The van der Waals surface area contributed by atoms with Gasteiger partial charge in [-0.3, -0.25) is 9.59 Å². The van der Waals surface area contributed by atoms with E-state index in [2.05, 4.69) is 0 Å². The summed E-state index contributed by atoms with van der Waals surface area (Å²) in [6.45, 7) is 0.433. The Morgan fingerprint density at radius 1 is 0.941 bits per heavy atom. The summed E-state index contributed by atoms with van der Waals surface area (Å²) in [5, 5.41) is 0. The van der Waals surface area contributed by atoms with Crippen LogP contribution in [0.15, 0.2) is 0 Å². The summed E-state index contributed by atoms with van der Waals surface area (Å²) in [5.41, 5.74) is 0. The molecule has 0 aromatic heterocycles. The molecular weight excluding hydrogens is 220 g/mol. The number of fused-ring (bicyclic) bond motifs is 2. The molecule has 0 radical (unpaired) electrons. The van der Waals surface area contributed by atoms with Gasteiger partial charge in [-0.15, -0.1) is 0 Å². The Balaban J connectivity index is 1.94. The Morgan fingerprint density at radius 2 is 1.71 bits per heavy atom. The first-order valence-corrected chi connectivity index (χ1v) is 6.57. The maximum atomic E-state index is 11.7. The number of carbonyl (C=O) groups excluding carboxylic acids is 2. The molecule has 2 heterocycles. The van der Waals surface area contributed by atoms with Crippen LogP contribution in [0.3, 0.4) is 0 Å². The number of carbonyl (C=O) groups is 2. The molecule has 0 aliphatic carbocycles. The molecule has 0 amide bonds. The minimum Gasteiger partial charge on any atom is -0.466 e. The molecule has 0 saturated carbocycles. The number of Topliss-reactive ketones (excluding diaryl/α,β-unsaturated/α-hetero) is 1. The molecule has 2 fully saturated rings. The van der Waals surface area contributed by atoms with E-state index < -0.39 is 0 Å². The van der Waals surface area contributed by atoms with E-state index in [1.54, 1.807) is 0 Å². The molecule has 0 unspecified atom stereocenters. The molecule has 2 rings (SSSR count). The van der Waals surface area contributed by atoms with Crippen LogP contribution in [0, 0.1) is 0 Å². The number of cyclic esters (lactones) is 1. The van der Waals surface area contributed by atoms with Gasteiger partial charge >= 0.3 is 5.97 Å². The fraction of sp³-hybridized carbons (Fsp3) is 0.846. The molecule has 96 valence electrons. The lowest BCUT2D eigenvalue weighted by atomic mass is 9.97. The molecule has 2 aliphatic heterocycles. The molecule has 2 bridgehead atoms. The summed E-state index contributed by atoms with van der Waals surface area (Å²) in [5.74, 6) is 0.116. The average molecular weight is 240 g/mol. The first-order valence-electron chi connectivity index (χ1n) is 6.57. The standard InChI is InChI=1S/C13H20O4/c14-10-4-1-2-7-16-13(15)9-12-6-3-5-11(8-10)17-12/h11-12H,1-9H2/t11-,12+/m0/s1. The lowest BCUT2D eigenvalue weighted by Crippen LogP contribution is -2.32. The third-order valence-electron chi connectivity index (χ3n) is 3.40. The number of hydrogen-bond acceptors (Lipinski definition) is 4. The van der Waals surface area contributed by atoms with Crippen molar-refractivity contribution in [2.75, 3.05) is 6.61 Å². The normalized spacial score (nSPS) is 32.2. The Bertz CT molecular complexity index is 261. The minimum atomic E-state index is -0.164. The van der Waals surface area contributed by atoms with Crippen LogP contribution in [-0.2, 0) is 19.1 Å². The van der Waals surface area contributed by atoms with E-state index in [1.807, 2.05) is 0 Å². The molecule has 17 heavy (non-hydrogen) atoms. The van der Waals surface area contributed by atoms with Gasteiger partial charge in [0.15, 0.2) is 0 Å². The number of esters is 1. The average Bonchev–Trinajstić information content (AvgIpc) is 2.27. The largest absolute Gasteiger partial charge is 0.466 e. The molecular formula is C13H20O4. The number of ketones is 1. The predicted octanol–water partition coefficient (Wildman–Crippen LogP) is 2.00. The van der Waals surface area contributed by atoms with E-state index in [0.717, 1.165) is 32.1 Å². The van der Waals surface area contributed by atoms with E-state index in [4.69, 9.17) is 9.47 Å². The van der Waals surface area contributed by atoms with Crippen molar-refractivity contribution in [1.29, 1.82) is 0 Å². The van der Waals surface area contributed by atoms with Gasteiger partial charge in [0.05, 0.1) is 25.2 Å². The number of hydrogen-bond donors (Lipinski definition) is 0. The summed E-state index contributed by atoms with van der Waals surface area (Å²) in [4.78, 5) is 23.2. The summed E-state index contributed by atoms with van der Waals surface area (Å²) >= 11 is 0. The van der Waals surface area contributed by atoms with Crippen LogP contribution in [0.25, 0.3) is 0 Å². The van der Waals surface area contributed by atoms with Gasteiger partial charge in [0.25, 0.3) is 0 Å². The van der Waals surface area contributed by atoms with Gasteiger partial charge in [-0.1, -0.05) is 0 Å². The molecule has 4 heteroatoms. The lowest BCUT2D eigenvalue weighted by molar-refractivity contribution is -0.150. The second-order valence-electron chi connectivity index (χ2n) is 4.94. The van der Waals surface area contributed by atoms with E-state index in [-0.39, 0.29) is 24.0 Å². The van der Waals surface area contributed by atoms with Gasteiger partial charge in [-0.05, 0) is 32.1 Å². The van der Waals surface area contributed by atoms with E-state index in [9.17, 15) is 9.59 Å². The minimum absolute atomic E-state index is 0.0217. The highest BCUT2D eigenvalue weighted by atomic mass is 16.5. The van der Waals surface area contributed by atoms with Crippen LogP contribution < -0.4 is 0 Å². The summed E-state index contributed by atoms with van der Waals surface area (Å²) < 4.78 is 10.9. The van der Waals surface area contributed by atoms with Gasteiger partial charge in [-0.2, -0.15) is 0 Å². The van der Waals surface area contributed by atoms with Gasteiger partial charge in [0.2, 0.25) is 0 Å². The first kappa shape index (κ1) is 12.6. The molecule has 0 aromatic carbocycles. The topological polar surface area (TPSA) is 52.6 Å². The van der Waals surface area contributed by atoms with Crippen LogP contribution >= 0.6 is 0 Å². The van der Waals surface area contributed by atoms with Crippen molar-refractivity contribution in [2.45, 2.75) is 63.6 Å². The monoisotopic (exact) mass is 240 g/mol. The van der Waals surface area contributed by atoms with Crippen LogP contribution in [-0.4, -0.2) is 30.6 Å². The second kappa shape index (κ2) is 6.15. The van der Waals surface area contributed by atoms with Crippen molar-refractivity contribution in [3.8, 4) is 0 Å². The van der Waals surface area contributed by atoms with Crippen molar-refractivity contribution in [3.05, 3.63) is 0 Å². The summed E-state index contributed by atoms with van der Waals surface area (Å²) in [6, 6.07) is 0. The molecule has 0 N–H and O–H groups in total. The van der Waals surface area contributed by atoms with Gasteiger partial charge in [-0.25, -0.2) is 0 Å². The Labute approximate surface area is 102 Å². The molecule has 2 aliphatic rings. The van der Waals surface area contributed by atoms with Crippen molar-refractivity contribution in [1.82, 2.24) is 0 Å². The van der Waals surface area contributed by atoms with Crippen LogP contribution in [0.5, 0.6) is 0 Å². The van der Waals surface area contributed by atoms with Crippen LogP contribution in [0.4, 0.5) is 0 Å². The molecule has 4 nitrogen and oxygen atoms in total. The lowest BCUT2D eigenvalue weighted by Gasteiger charge is -2.29. The molecule has 0 aromatic rings. The zero-order valence-electron chi connectivity index (χ0n) is 10.2. The third-order valence-corrected chi connectivity index (χ3v) is 3.40. The highest BCUT2D eigenvalue weighted by Crippen LogP contribution is 2.24. The second-order valence-corrected chi connectivity index (χ2v) is 4.94. The maximum Gasteiger partial charge on any atom is 0.308 e. The fourth-order valence-corrected chi connectivity index (χ4v) is 2.49. The third kappa shape index (κ3) is 4.11. The van der Waals surface area contributed by atoms with Crippen molar-refractivity contribution in [2.24, 2.45) is 0 Å².